The van der Waals surface area contributed by atoms with E-state index in [1.165, 1.54) is 23.9 Å². The smallest absolute Gasteiger partial charge is 0.227 e. The van der Waals surface area contributed by atoms with Crippen LogP contribution in [0.5, 0.6) is 5.75 Å². The van der Waals surface area contributed by atoms with Crippen LogP contribution in [0.4, 0.5) is 10.3 Å². The molecule has 0 saturated heterocycles. The average molecular weight is 511 g/mol. The summed E-state index contributed by atoms with van der Waals surface area (Å²) in [4.78, 5) is 4.66. The number of halogens is 3. The molecule has 2 aliphatic rings. The minimum atomic E-state index is -0.446. The van der Waals surface area contributed by atoms with Gasteiger partial charge in [-0.15, -0.1) is 5.10 Å². The monoisotopic (exact) mass is 510 g/mol. The van der Waals surface area contributed by atoms with E-state index in [0.717, 1.165) is 28.0 Å². The van der Waals surface area contributed by atoms with Gasteiger partial charge < -0.3 is 10.1 Å². The minimum Gasteiger partial charge on any atom is -0.480 e. The van der Waals surface area contributed by atoms with Crippen molar-refractivity contribution in [3.8, 4) is 5.75 Å². The van der Waals surface area contributed by atoms with Gasteiger partial charge in [-0.2, -0.15) is 4.98 Å². The quantitative estimate of drug-likeness (QED) is 0.300. The van der Waals surface area contributed by atoms with Crippen molar-refractivity contribution >= 4 is 46.6 Å². The Morgan fingerprint density at radius 3 is 2.41 bits per heavy atom. The SMILES string of the molecule is CSc1nc2n(n1)[C@@H](c1ccc(F)cc1)C1=C(N2)c2cc(Cl)ccc2O[C@@H]1c1ccc(Cl)cc1. The first kappa shape index (κ1) is 21.5. The molecule has 3 heterocycles. The van der Waals surface area contributed by atoms with Crippen molar-refractivity contribution in [3.63, 3.8) is 0 Å². The van der Waals surface area contributed by atoms with Gasteiger partial charge in [-0.3, -0.25) is 0 Å². The predicted octanol–water partition coefficient (Wildman–Crippen LogP) is 7.01. The summed E-state index contributed by atoms with van der Waals surface area (Å²) in [6.45, 7) is 0. The van der Waals surface area contributed by atoms with Crippen molar-refractivity contribution in [1.29, 1.82) is 0 Å². The zero-order valence-electron chi connectivity index (χ0n) is 17.8. The number of hydrogen-bond acceptors (Lipinski definition) is 5. The standard InChI is InChI=1S/C25H17Cl2FN4OS/c1-34-25-30-24-29-21-18-12-16(27)8-11-19(18)33-23(14-2-6-15(26)7-3-14)20(21)22(32(24)31-25)13-4-9-17(28)10-5-13/h2-12,22-23H,1H3,(H,29,30,31)/t22-,23+/m0/s1. The normalized spacial score (nSPS) is 18.5. The fourth-order valence-corrected chi connectivity index (χ4v) is 5.09. The molecule has 0 bridgehead atoms. The molecule has 2 aliphatic heterocycles. The van der Waals surface area contributed by atoms with Gasteiger partial charge in [0.15, 0.2) is 0 Å². The molecular weight excluding hydrogens is 494 g/mol. The average Bonchev–Trinajstić information content (AvgIpc) is 3.27. The third kappa shape index (κ3) is 3.55. The summed E-state index contributed by atoms with van der Waals surface area (Å²) in [6.07, 6.45) is 1.48. The van der Waals surface area contributed by atoms with Gasteiger partial charge in [0.2, 0.25) is 11.1 Å². The third-order valence-electron chi connectivity index (χ3n) is 5.96. The van der Waals surface area contributed by atoms with Gasteiger partial charge in [-0.05, 0) is 59.8 Å². The van der Waals surface area contributed by atoms with Crippen LogP contribution in [0.15, 0.2) is 77.5 Å². The van der Waals surface area contributed by atoms with E-state index in [-0.39, 0.29) is 11.9 Å². The Balaban J connectivity index is 1.63. The molecule has 0 spiro atoms. The lowest BCUT2D eigenvalue weighted by molar-refractivity contribution is 0.223. The highest BCUT2D eigenvalue weighted by molar-refractivity contribution is 7.98. The van der Waals surface area contributed by atoms with Crippen LogP contribution >= 0.6 is 35.0 Å². The van der Waals surface area contributed by atoms with E-state index in [1.54, 1.807) is 18.2 Å². The number of thioether (sulfide) groups is 1. The zero-order chi connectivity index (χ0) is 23.4. The Morgan fingerprint density at radius 1 is 0.971 bits per heavy atom. The summed E-state index contributed by atoms with van der Waals surface area (Å²) >= 11 is 14.0. The molecule has 1 aromatic heterocycles. The summed E-state index contributed by atoms with van der Waals surface area (Å²) in [5.74, 6) is 0.994. The van der Waals surface area contributed by atoms with Gasteiger partial charge in [0, 0.05) is 21.2 Å². The summed E-state index contributed by atoms with van der Waals surface area (Å²) < 4.78 is 22.2. The van der Waals surface area contributed by atoms with Gasteiger partial charge in [0.05, 0.1) is 5.70 Å². The van der Waals surface area contributed by atoms with Crippen LogP contribution in [-0.2, 0) is 0 Å². The van der Waals surface area contributed by atoms with Crippen LogP contribution in [0.25, 0.3) is 5.70 Å². The van der Waals surface area contributed by atoms with Crippen LogP contribution in [0, 0.1) is 5.82 Å². The van der Waals surface area contributed by atoms with Crippen molar-refractivity contribution in [2.45, 2.75) is 17.3 Å². The second-order valence-electron chi connectivity index (χ2n) is 7.97. The molecule has 4 aromatic rings. The molecule has 0 amide bonds. The first-order valence-electron chi connectivity index (χ1n) is 10.5. The minimum absolute atomic E-state index is 0.304. The topological polar surface area (TPSA) is 52.0 Å². The summed E-state index contributed by atoms with van der Waals surface area (Å²) in [7, 11) is 0. The van der Waals surface area contributed by atoms with E-state index in [2.05, 4.69) is 10.3 Å². The molecule has 3 aromatic carbocycles. The molecule has 170 valence electrons. The van der Waals surface area contributed by atoms with Crippen LogP contribution in [-0.4, -0.2) is 21.0 Å². The van der Waals surface area contributed by atoms with E-state index >= 15 is 0 Å². The van der Waals surface area contributed by atoms with Crippen LogP contribution in [0.3, 0.4) is 0 Å². The third-order valence-corrected chi connectivity index (χ3v) is 6.98. The fourth-order valence-electron chi connectivity index (χ4n) is 4.45. The van der Waals surface area contributed by atoms with Gasteiger partial charge in [-0.25, -0.2) is 9.07 Å². The Hall–Kier alpha value is -3.00. The molecule has 1 N–H and O–H groups in total. The molecule has 0 saturated carbocycles. The maximum absolute atomic E-state index is 13.8. The number of ether oxygens (including phenoxy) is 1. The number of rotatable bonds is 3. The molecule has 0 fully saturated rings. The van der Waals surface area contributed by atoms with Gasteiger partial charge in [0.25, 0.3) is 0 Å². The van der Waals surface area contributed by atoms with E-state index in [0.29, 0.717) is 26.9 Å². The Labute approximate surface area is 209 Å². The number of nitrogens with one attached hydrogen (secondary N) is 1. The maximum Gasteiger partial charge on any atom is 0.227 e. The van der Waals surface area contributed by atoms with E-state index in [1.807, 2.05) is 47.3 Å². The molecule has 0 radical (unpaired) electrons. The highest BCUT2D eigenvalue weighted by Gasteiger charge is 2.41. The fraction of sp³-hybridized carbons (Fsp3) is 0.120. The number of nitrogens with zero attached hydrogens (tertiary/aromatic N) is 3. The predicted molar refractivity (Wildman–Crippen MR) is 133 cm³/mol. The van der Waals surface area contributed by atoms with Crippen molar-refractivity contribution in [2.24, 2.45) is 0 Å². The van der Waals surface area contributed by atoms with Crippen LogP contribution in [0.1, 0.15) is 28.8 Å². The second kappa shape index (κ2) is 8.34. The second-order valence-corrected chi connectivity index (χ2v) is 9.61. The summed E-state index contributed by atoms with van der Waals surface area (Å²) in [5, 5.41) is 10.1. The Kier molecular flexibility index (Phi) is 5.28. The van der Waals surface area contributed by atoms with Gasteiger partial charge >= 0.3 is 0 Å². The summed E-state index contributed by atoms with van der Waals surface area (Å²) in [5.41, 5.74) is 4.40. The van der Waals surface area contributed by atoms with Crippen molar-refractivity contribution < 1.29 is 9.13 Å². The Morgan fingerprint density at radius 2 is 1.68 bits per heavy atom. The molecule has 2 atom stereocenters. The van der Waals surface area contributed by atoms with Gasteiger partial charge in [0.1, 0.15) is 23.7 Å². The maximum atomic E-state index is 13.8. The van der Waals surface area contributed by atoms with Crippen molar-refractivity contribution in [1.82, 2.24) is 14.8 Å². The molecule has 5 nitrogen and oxygen atoms in total. The first-order chi connectivity index (χ1) is 16.5. The zero-order valence-corrected chi connectivity index (χ0v) is 20.1. The number of anilines is 1. The van der Waals surface area contributed by atoms with Crippen molar-refractivity contribution in [3.05, 3.63) is 105 Å². The molecule has 0 unspecified atom stereocenters. The van der Waals surface area contributed by atoms with E-state index in [4.69, 9.17) is 33.0 Å². The highest BCUT2D eigenvalue weighted by atomic mass is 35.5. The number of fused-ring (bicyclic) bond motifs is 3. The lowest BCUT2D eigenvalue weighted by atomic mass is 9.84. The largest absolute Gasteiger partial charge is 0.480 e. The lowest BCUT2D eigenvalue weighted by Gasteiger charge is -2.39. The van der Waals surface area contributed by atoms with Crippen molar-refractivity contribution in [2.75, 3.05) is 11.6 Å². The highest BCUT2D eigenvalue weighted by Crippen LogP contribution is 2.51. The lowest BCUT2D eigenvalue weighted by Crippen LogP contribution is -2.32. The number of benzene rings is 3. The summed E-state index contributed by atoms with van der Waals surface area (Å²) in [6, 6.07) is 19.2. The Bertz CT molecular complexity index is 1440. The molecular formula is C25H17Cl2FN4OS. The molecule has 34 heavy (non-hydrogen) atoms. The molecule has 6 rings (SSSR count). The van der Waals surface area contributed by atoms with E-state index < -0.39 is 6.10 Å². The number of aromatic nitrogens is 3. The number of hydrogen-bond donors (Lipinski definition) is 1. The molecule has 9 heteroatoms. The van der Waals surface area contributed by atoms with Crippen LogP contribution < -0.4 is 10.1 Å². The first-order valence-corrected chi connectivity index (χ1v) is 12.5. The van der Waals surface area contributed by atoms with E-state index in [9.17, 15) is 4.39 Å². The van der Waals surface area contributed by atoms with Crippen LogP contribution in [0.2, 0.25) is 10.0 Å². The molecule has 0 aliphatic carbocycles. The van der Waals surface area contributed by atoms with Gasteiger partial charge in [-0.1, -0.05) is 59.2 Å².